The standard InChI is InChI=1S/C27H30N2O6/c1-34-27(24(31)32)11-6-14-29(17-27)23(30)15-26(12-13-26)28-25(33)35-16-22-20-9-4-2-7-18(20)19-8-3-5-10-21(19)22/h2-5,7-10,22H,6,11-17H2,1H3,(H,28,33)(H,31,32). The minimum absolute atomic E-state index is 0.0126. The van der Waals surface area contributed by atoms with Crippen molar-refractivity contribution in [1.82, 2.24) is 10.2 Å². The monoisotopic (exact) mass is 478 g/mol. The molecule has 2 aliphatic carbocycles. The van der Waals surface area contributed by atoms with Gasteiger partial charge in [-0.05, 0) is 47.9 Å². The van der Waals surface area contributed by atoms with E-state index < -0.39 is 23.2 Å². The second-order valence-corrected chi connectivity index (χ2v) is 9.83. The van der Waals surface area contributed by atoms with Crippen LogP contribution in [0.5, 0.6) is 0 Å². The van der Waals surface area contributed by atoms with Gasteiger partial charge in [0.25, 0.3) is 0 Å². The first-order chi connectivity index (χ1) is 16.9. The molecule has 2 aromatic rings. The van der Waals surface area contributed by atoms with Gasteiger partial charge in [0.05, 0.1) is 18.5 Å². The highest BCUT2D eigenvalue weighted by Crippen LogP contribution is 2.45. The highest BCUT2D eigenvalue weighted by Gasteiger charge is 2.49. The number of carbonyl (C=O) groups excluding carboxylic acids is 2. The van der Waals surface area contributed by atoms with Gasteiger partial charge in [-0.15, -0.1) is 0 Å². The zero-order valence-electron chi connectivity index (χ0n) is 19.8. The third kappa shape index (κ3) is 4.38. The van der Waals surface area contributed by atoms with Crippen molar-refractivity contribution in [3.8, 4) is 11.1 Å². The summed E-state index contributed by atoms with van der Waals surface area (Å²) in [4.78, 5) is 39.0. The number of alkyl carbamates (subject to hydrolysis) is 1. The number of aliphatic carboxylic acids is 1. The van der Waals surface area contributed by atoms with E-state index in [4.69, 9.17) is 9.47 Å². The lowest BCUT2D eigenvalue weighted by Crippen LogP contribution is -2.56. The molecule has 2 fully saturated rings. The predicted octanol–water partition coefficient (Wildman–Crippen LogP) is 3.54. The average Bonchev–Trinajstić information content (AvgIpc) is 3.54. The van der Waals surface area contributed by atoms with Crippen LogP contribution in [0.15, 0.2) is 48.5 Å². The number of likely N-dealkylation sites (tertiary alicyclic amines) is 1. The number of hydrogen-bond donors (Lipinski definition) is 2. The van der Waals surface area contributed by atoms with Crippen molar-refractivity contribution in [2.75, 3.05) is 26.8 Å². The molecular weight excluding hydrogens is 448 g/mol. The number of carboxylic acids is 1. The fourth-order valence-corrected chi connectivity index (χ4v) is 5.41. The normalized spacial score (nSPS) is 22.1. The van der Waals surface area contributed by atoms with Gasteiger partial charge >= 0.3 is 12.1 Å². The molecule has 0 spiro atoms. The van der Waals surface area contributed by atoms with Crippen LogP contribution in [0.25, 0.3) is 11.1 Å². The topological polar surface area (TPSA) is 105 Å². The Morgan fingerprint density at radius 1 is 1.03 bits per heavy atom. The van der Waals surface area contributed by atoms with Crippen molar-refractivity contribution in [2.45, 2.75) is 49.2 Å². The van der Waals surface area contributed by atoms with E-state index in [0.29, 0.717) is 32.2 Å². The van der Waals surface area contributed by atoms with Gasteiger partial charge in [-0.1, -0.05) is 48.5 Å². The number of rotatable bonds is 7. The van der Waals surface area contributed by atoms with E-state index in [2.05, 4.69) is 29.6 Å². The van der Waals surface area contributed by atoms with Crippen LogP contribution in [0.1, 0.15) is 49.1 Å². The van der Waals surface area contributed by atoms with Gasteiger partial charge in [0, 0.05) is 19.6 Å². The molecule has 0 radical (unpaired) electrons. The Morgan fingerprint density at radius 2 is 1.66 bits per heavy atom. The minimum Gasteiger partial charge on any atom is -0.479 e. The Labute approximate surface area is 204 Å². The van der Waals surface area contributed by atoms with Crippen molar-refractivity contribution in [2.24, 2.45) is 0 Å². The number of nitrogens with zero attached hydrogens (tertiary/aromatic N) is 1. The molecule has 1 unspecified atom stereocenters. The number of ether oxygens (including phenoxy) is 2. The maximum absolute atomic E-state index is 13.0. The first-order valence-corrected chi connectivity index (χ1v) is 12.1. The number of hydrogen-bond acceptors (Lipinski definition) is 5. The number of carboxylic acid groups (broad SMARTS) is 1. The van der Waals surface area contributed by atoms with Gasteiger partial charge in [0.2, 0.25) is 5.91 Å². The second-order valence-electron chi connectivity index (χ2n) is 9.83. The molecule has 8 nitrogen and oxygen atoms in total. The minimum atomic E-state index is -1.37. The fraction of sp³-hybridized carbons (Fsp3) is 0.444. The highest BCUT2D eigenvalue weighted by molar-refractivity contribution is 5.83. The lowest BCUT2D eigenvalue weighted by molar-refractivity contribution is -0.171. The van der Waals surface area contributed by atoms with E-state index in [0.717, 1.165) is 22.3 Å². The molecule has 1 heterocycles. The lowest BCUT2D eigenvalue weighted by atomic mass is 9.92. The summed E-state index contributed by atoms with van der Waals surface area (Å²) in [6, 6.07) is 16.3. The molecule has 1 aliphatic heterocycles. The largest absolute Gasteiger partial charge is 0.479 e. The molecule has 184 valence electrons. The fourth-order valence-electron chi connectivity index (χ4n) is 5.41. The third-order valence-corrected chi connectivity index (χ3v) is 7.64. The summed E-state index contributed by atoms with van der Waals surface area (Å²) in [7, 11) is 1.36. The van der Waals surface area contributed by atoms with Gasteiger partial charge in [-0.25, -0.2) is 9.59 Å². The Bertz CT molecular complexity index is 1110. The van der Waals surface area contributed by atoms with Crippen LogP contribution in [0, 0.1) is 0 Å². The maximum Gasteiger partial charge on any atom is 0.407 e. The predicted molar refractivity (Wildman–Crippen MR) is 128 cm³/mol. The molecule has 1 saturated carbocycles. The van der Waals surface area contributed by atoms with Crippen molar-refractivity contribution < 1.29 is 29.0 Å². The van der Waals surface area contributed by atoms with E-state index in [1.807, 2.05) is 24.3 Å². The Kier molecular flexibility index (Phi) is 6.01. The van der Waals surface area contributed by atoms with Gasteiger partial charge in [-0.2, -0.15) is 0 Å². The number of carbonyl (C=O) groups is 3. The van der Waals surface area contributed by atoms with Crippen LogP contribution in [0.4, 0.5) is 4.79 Å². The summed E-state index contributed by atoms with van der Waals surface area (Å²) in [6.45, 7) is 0.710. The van der Waals surface area contributed by atoms with Gasteiger partial charge < -0.3 is 24.8 Å². The molecular formula is C27H30N2O6. The first-order valence-electron chi connectivity index (χ1n) is 12.1. The first kappa shape index (κ1) is 23.4. The van der Waals surface area contributed by atoms with E-state index >= 15 is 0 Å². The molecule has 2 N–H and O–H groups in total. The van der Waals surface area contributed by atoms with E-state index in [-0.39, 0.29) is 31.4 Å². The van der Waals surface area contributed by atoms with Crippen LogP contribution in [0.3, 0.4) is 0 Å². The van der Waals surface area contributed by atoms with Crippen LogP contribution in [-0.2, 0) is 19.1 Å². The molecule has 0 aromatic heterocycles. The average molecular weight is 479 g/mol. The summed E-state index contributed by atoms with van der Waals surface area (Å²) >= 11 is 0. The summed E-state index contributed by atoms with van der Waals surface area (Å²) in [5.41, 5.74) is 2.61. The second kappa shape index (κ2) is 9.00. The van der Waals surface area contributed by atoms with Crippen LogP contribution in [0.2, 0.25) is 0 Å². The van der Waals surface area contributed by atoms with Crippen molar-refractivity contribution in [3.05, 3.63) is 59.7 Å². The molecule has 5 rings (SSSR count). The molecule has 2 amide bonds. The van der Waals surface area contributed by atoms with Crippen molar-refractivity contribution in [1.29, 1.82) is 0 Å². The molecule has 2 aromatic carbocycles. The molecule has 1 atom stereocenters. The summed E-state index contributed by atoms with van der Waals surface area (Å²) in [6.07, 6.45) is 1.88. The van der Waals surface area contributed by atoms with E-state index in [9.17, 15) is 19.5 Å². The summed E-state index contributed by atoms with van der Waals surface area (Å²) in [5, 5.41) is 12.5. The number of piperidine rings is 1. The zero-order valence-corrected chi connectivity index (χ0v) is 19.8. The van der Waals surface area contributed by atoms with Crippen molar-refractivity contribution in [3.63, 3.8) is 0 Å². The summed E-state index contributed by atoms with van der Waals surface area (Å²) < 4.78 is 10.9. The number of nitrogens with one attached hydrogen (secondary N) is 1. The molecule has 3 aliphatic rings. The number of benzene rings is 2. The Hall–Kier alpha value is -3.39. The quantitative estimate of drug-likeness (QED) is 0.631. The van der Waals surface area contributed by atoms with Crippen LogP contribution < -0.4 is 5.32 Å². The maximum atomic E-state index is 13.0. The molecule has 8 heteroatoms. The number of fused-ring (bicyclic) bond motifs is 3. The van der Waals surface area contributed by atoms with Crippen LogP contribution >= 0.6 is 0 Å². The van der Waals surface area contributed by atoms with Gasteiger partial charge in [0.15, 0.2) is 5.60 Å². The number of methoxy groups -OCH3 is 1. The highest BCUT2D eigenvalue weighted by atomic mass is 16.5. The Morgan fingerprint density at radius 3 is 2.23 bits per heavy atom. The van der Waals surface area contributed by atoms with Crippen LogP contribution in [-0.4, -0.2) is 65.9 Å². The molecule has 0 bridgehead atoms. The number of amides is 2. The Balaban J connectivity index is 1.19. The zero-order chi connectivity index (χ0) is 24.6. The SMILES string of the molecule is COC1(C(=O)O)CCCN(C(=O)CC2(NC(=O)OCC3c4ccccc4-c4ccccc43)CC2)C1. The van der Waals surface area contributed by atoms with E-state index in [1.165, 1.54) is 7.11 Å². The van der Waals surface area contributed by atoms with Crippen molar-refractivity contribution >= 4 is 18.0 Å². The third-order valence-electron chi connectivity index (χ3n) is 7.64. The van der Waals surface area contributed by atoms with E-state index in [1.54, 1.807) is 4.90 Å². The lowest BCUT2D eigenvalue weighted by Gasteiger charge is -2.39. The van der Waals surface area contributed by atoms with Gasteiger partial charge in [0.1, 0.15) is 6.61 Å². The van der Waals surface area contributed by atoms with Gasteiger partial charge in [-0.3, -0.25) is 4.79 Å². The smallest absolute Gasteiger partial charge is 0.407 e. The molecule has 35 heavy (non-hydrogen) atoms. The molecule has 1 saturated heterocycles. The summed E-state index contributed by atoms with van der Waals surface area (Å²) in [5.74, 6) is -1.27.